The number of anilines is 2. The van der Waals surface area contributed by atoms with Crippen molar-refractivity contribution in [3.8, 4) is 0 Å². The summed E-state index contributed by atoms with van der Waals surface area (Å²) in [7, 11) is 0. The van der Waals surface area contributed by atoms with E-state index in [-0.39, 0.29) is 0 Å². The maximum Gasteiger partial charge on any atom is 0.227 e. The number of rotatable bonds is 2. The third kappa shape index (κ3) is 2.53. The Balaban J connectivity index is 2.25. The van der Waals surface area contributed by atoms with Crippen LogP contribution in [0.1, 0.15) is 11.1 Å². The molecule has 0 fully saturated rings. The van der Waals surface area contributed by atoms with Crippen LogP contribution in [-0.4, -0.2) is 9.97 Å². The van der Waals surface area contributed by atoms with Gasteiger partial charge in [0, 0.05) is 18.1 Å². The number of aromatic nitrogens is 2. The third-order valence-corrected chi connectivity index (χ3v) is 2.04. The molecule has 2 aromatic rings. The molecule has 0 unspecified atom stereocenters. The smallest absolute Gasteiger partial charge is 0.227 e. The molecule has 15 heavy (non-hydrogen) atoms. The average molecular weight is 199 g/mol. The largest absolute Gasteiger partial charge is 0.324 e. The number of aryl methyl sites for hydroxylation is 2. The first-order valence-corrected chi connectivity index (χ1v) is 4.86. The molecule has 0 spiro atoms. The lowest BCUT2D eigenvalue weighted by molar-refractivity contribution is 1.16. The van der Waals surface area contributed by atoms with Gasteiger partial charge in [0.2, 0.25) is 5.95 Å². The molecule has 0 bridgehead atoms. The molecule has 0 amide bonds. The first-order chi connectivity index (χ1) is 7.24. The highest BCUT2D eigenvalue weighted by Gasteiger charge is 1.97. The van der Waals surface area contributed by atoms with Gasteiger partial charge in [0.1, 0.15) is 0 Å². The molecule has 76 valence electrons. The summed E-state index contributed by atoms with van der Waals surface area (Å²) in [6.45, 7) is 4.15. The summed E-state index contributed by atoms with van der Waals surface area (Å²) < 4.78 is 0. The summed E-state index contributed by atoms with van der Waals surface area (Å²) in [5.74, 6) is 0.627. The highest BCUT2D eigenvalue weighted by molar-refractivity contribution is 5.55. The van der Waals surface area contributed by atoms with Gasteiger partial charge in [-0.05, 0) is 43.2 Å². The lowest BCUT2D eigenvalue weighted by Gasteiger charge is -2.06. The molecule has 1 aromatic heterocycles. The maximum atomic E-state index is 4.11. The van der Waals surface area contributed by atoms with Gasteiger partial charge in [0.25, 0.3) is 0 Å². The van der Waals surface area contributed by atoms with Gasteiger partial charge in [0.05, 0.1) is 0 Å². The molecular formula is C12H13N3. The third-order valence-electron chi connectivity index (χ3n) is 2.04. The number of hydrogen-bond donors (Lipinski definition) is 1. The van der Waals surface area contributed by atoms with Crippen LogP contribution in [-0.2, 0) is 0 Å². The van der Waals surface area contributed by atoms with Crippen molar-refractivity contribution in [2.45, 2.75) is 13.8 Å². The molecule has 0 radical (unpaired) electrons. The Morgan fingerprint density at radius 1 is 0.933 bits per heavy atom. The lowest BCUT2D eigenvalue weighted by Crippen LogP contribution is -1.96. The van der Waals surface area contributed by atoms with Crippen LogP contribution in [0.2, 0.25) is 0 Å². The molecule has 0 saturated heterocycles. The molecular weight excluding hydrogens is 186 g/mol. The highest BCUT2D eigenvalue weighted by atomic mass is 15.1. The van der Waals surface area contributed by atoms with Crippen molar-refractivity contribution in [2.75, 3.05) is 5.32 Å². The van der Waals surface area contributed by atoms with Gasteiger partial charge in [-0.25, -0.2) is 9.97 Å². The number of hydrogen-bond acceptors (Lipinski definition) is 3. The van der Waals surface area contributed by atoms with E-state index in [9.17, 15) is 0 Å². The maximum absolute atomic E-state index is 4.11. The van der Waals surface area contributed by atoms with Crippen LogP contribution in [0.3, 0.4) is 0 Å². The number of nitrogens with one attached hydrogen (secondary N) is 1. The quantitative estimate of drug-likeness (QED) is 0.808. The molecule has 0 aliphatic rings. The van der Waals surface area contributed by atoms with Crippen LogP contribution in [0.5, 0.6) is 0 Å². The minimum absolute atomic E-state index is 0.627. The van der Waals surface area contributed by atoms with Crippen molar-refractivity contribution in [3.63, 3.8) is 0 Å². The fraction of sp³-hybridized carbons (Fsp3) is 0.167. The minimum Gasteiger partial charge on any atom is -0.324 e. The molecule has 1 heterocycles. The molecule has 0 saturated carbocycles. The summed E-state index contributed by atoms with van der Waals surface area (Å²) in [5, 5.41) is 3.16. The molecule has 1 aromatic carbocycles. The SMILES string of the molecule is Cc1cc(C)cc(Nc2ncccn2)c1. The summed E-state index contributed by atoms with van der Waals surface area (Å²) in [6, 6.07) is 8.08. The monoisotopic (exact) mass is 199 g/mol. The van der Waals surface area contributed by atoms with Crippen LogP contribution in [0.4, 0.5) is 11.6 Å². The standard InChI is InChI=1S/C12H13N3/c1-9-6-10(2)8-11(7-9)15-12-13-4-3-5-14-12/h3-8H,1-2H3,(H,13,14,15). The van der Waals surface area contributed by atoms with Gasteiger partial charge >= 0.3 is 0 Å². The fourth-order valence-corrected chi connectivity index (χ4v) is 1.54. The first kappa shape index (κ1) is 9.65. The number of benzene rings is 1. The fourth-order valence-electron chi connectivity index (χ4n) is 1.54. The minimum atomic E-state index is 0.627. The van der Waals surface area contributed by atoms with E-state index < -0.39 is 0 Å². The van der Waals surface area contributed by atoms with Crippen molar-refractivity contribution >= 4 is 11.6 Å². The summed E-state index contributed by atoms with van der Waals surface area (Å²) in [6.07, 6.45) is 3.44. The van der Waals surface area contributed by atoms with Crippen molar-refractivity contribution < 1.29 is 0 Å². The predicted molar refractivity (Wildman–Crippen MR) is 61.2 cm³/mol. The predicted octanol–water partition coefficient (Wildman–Crippen LogP) is 2.84. The van der Waals surface area contributed by atoms with E-state index >= 15 is 0 Å². The molecule has 1 N–H and O–H groups in total. The second-order valence-electron chi connectivity index (χ2n) is 3.57. The lowest BCUT2D eigenvalue weighted by atomic mass is 10.1. The zero-order valence-corrected chi connectivity index (χ0v) is 8.86. The molecule has 0 aliphatic heterocycles. The second-order valence-corrected chi connectivity index (χ2v) is 3.57. The molecule has 2 rings (SSSR count). The van der Waals surface area contributed by atoms with Crippen LogP contribution in [0.25, 0.3) is 0 Å². The summed E-state index contributed by atoms with van der Waals surface area (Å²) in [5.41, 5.74) is 3.49. The van der Waals surface area contributed by atoms with Crippen molar-refractivity contribution in [3.05, 3.63) is 47.8 Å². The van der Waals surface area contributed by atoms with Gasteiger partial charge in [-0.3, -0.25) is 0 Å². The normalized spacial score (nSPS) is 10.0. The van der Waals surface area contributed by atoms with E-state index in [0.717, 1.165) is 5.69 Å². The van der Waals surface area contributed by atoms with E-state index in [1.807, 2.05) is 0 Å². The second kappa shape index (κ2) is 4.09. The van der Waals surface area contributed by atoms with Crippen molar-refractivity contribution in [1.82, 2.24) is 9.97 Å². The van der Waals surface area contributed by atoms with Crippen LogP contribution < -0.4 is 5.32 Å². The van der Waals surface area contributed by atoms with E-state index in [4.69, 9.17) is 0 Å². The van der Waals surface area contributed by atoms with Crippen LogP contribution in [0.15, 0.2) is 36.7 Å². The molecule has 3 heteroatoms. The Morgan fingerprint density at radius 3 is 2.13 bits per heavy atom. The Labute approximate surface area is 89.2 Å². The van der Waals surface area contributed by atoms with Gasteiger partial charge in [-0.15, -0.1) is 0 Å². The van der Waals surface area contributed by atoms with E-state index in [0.29, 0.717) is 5.95 Å². The van der Waals surface area contributed by atoms with Crippen molar-refractivity contribution in [1.29, 1.82) is 0 Å². The summed E-state index contributed by atoms with van der Waals surface area (Å²) in [4.78, 5) is 8.22. The topological polar surface area (TPSA) is 37.8 Å². The van der Waals surface area contributed by atoms with Crippen LogP contribution in [0, 0.1) is 13.8 Å². The van der Waals surface area contributed by atoms with Gasteiger partial charge in [-0.2, -0.15) is 0 Å². The van der Waals surface area contributed by atoms with E-state index in [1.165, 1.54) is 11.1 Å². The zero-order chi connectivity index (χ0) is 10.7. The van der Waals surface area contributed by atoms with Crippen molar-refractivity contribution in [2.24, 2.45) is 0 Å². The molecule has 0 aliphatic carbocycles. The first-order valence-electron chi connectivity index (χ1n) is 4.86. The molecule has 3 nitrogen and oxygen atoms in total. The Kier molecular flexibility index (Phi) is 2.63. The van der Waals surface area contributed by atoms with E-state index in [1.54, 1.807) is 18.5 Å². The summed E-state index contributed by atoms with van der Waals surface area (Å²) >= 11 is 0. The van der Waals surface area contributed by atoms with Gasteiger partial charge < -0.3 is 5.32 Å². The highest BCUT2D eigenvalue weighted by Crippen LogP contribution is 2.16. The van der Waals surface area contributed by atoms with Gasteiger partial charge in [-0.1, -0.05) is 6.07 Å². The van der Waals surface area contributed by atoms with Crippen LogP contribution >= 0.6 is 0 Å². The Bertz CT molecular complexity index is 431. The average Bonchev–Trinajstić information content (AvgIpc) is 2.17. The molecule has 0 atom stereocenters. The van der Waals surface area contributed by atoms with E-state index in [2.05, 4.69) is 47.3 Å². The zero-order valence-electron chi connectivity index (χ0n) is 8.86. The number of nitrogens with zero attached hydrogens (tertiary/aromatic N) is 2. The Hall–Kier alpha value is -1.90. The van der Waals surface area contributed by atoms with Gasteiger partial charge in [0.15, 0.2) is 0 Å². The Morgan fingerprint density at radius 2 is 1.53 bits per heavy atom.